The van der Waals surface area contributed by atoms with Gasteiger partial charge in [0.05, 0.1) is 0 Å². The standard InChI is InChI=1S/C15H24N2O/c1-5-17(15(2,3)4)14(18)16-12-11-13-9-7-6-8-10-13/h6-10H,5,11-12H2,1-4H3,(H,16,18). The zero-order chi connectivity index (χ0) is 13.6. The van der Waals surface area contributed by atoms with Crippen molar-refractivity contribution in [1.82, 2.24) is 10.2 Å². The largest absolute Gasteiger partial charge is 0.338 e. The lowest BCUT2D eigenvalue weighted by Gasteiger charge is -2.34. The lowest BCUT2D eigenvalue weighted by Crippen LogP contribution is -2.50. The molecule has 0 radical (unpaired) electrons. The predicted octanol–water partition coefficient (Wildman–Crippen LogP) is 3.06. The number of carbonyl (C=O) groups is 1. The van der Waals surface area contributed by atoms with Crippen LogP contribution in [-0.4, -0.2) is 29.6 Å². The Morgan fingerprint density at radius 2 is 1.83 bits per heavy atom. The first-order chi connectivity index (χ1) is 8.45. The Morgan fingerprint density at radius 3 is 2.33 bits per heavy atom. The molecule has 3 nitrogen and oxygen atoms in total. The van der Waals surface area contributed by atoms with E-state index in [9.17, 15) is 4.79 Å². The SMILES string of the molecule is CCN(C(=O)NCCc1ccccc1)C(C)(C)C. The average Bonchev–Trinajstić information content (AvgIpc) is 2.29. The van der Waals surface area contributed by atoms with Gasteiger partial charge in [-0.25, -0.2) is 4.79 Å². The van der Waals surface area contributed by atoms with Gasteiger partial charge in [-0.3, -0.25) is 0 Å². The van der Waals surface area contributed by atoms with E-state index in [0.717, 1.165) is 13.0 Å². The highest BCUT2D eigenvalue weighted by atomic mass is 16.2. The number of amides is 2. The second kappa shape index (κ2) is 6.43. The Morgan fingerprint density at radius 1 is 1.22 bits per heavy atom. The van der Waals surface area contributed by atoms with Gasteiger partial charge in [0.2, 0.25) is 0 Å². The molecule has 0 atom stereocenters. The summed E-state index contributed by atoms with van der Waals surface area (Å²) in [6, 6.07) is 10.2. The quantitative estimate of drug-likeness (QED) is 0.872. The molecule has 18 heavy (non-hydrogen) atoms. The molecule has 3 heteroatoms. The van der Waals surface area contributed by atoms with Crippen LogP contribution < -0.4 is 5.32 Å². The van der Waals surface area contributed by atoms with Crippen molar-refractivity contribution in [3.05, 3.63) is 35.9 Å². The highest BCUT2D eigenvalue weighted by Gasteiger charge is 2.24. The molecule has 1 rings (SSSR count). The fourth-order valence-electron chi connectivity index (χ4n) is 1.98. The van der Waals surface area contributed by atoms with Crippen LogP contribution in [0.3, 0.4) is 0 Å². The Bertz CT molecular complexity index is 368. The molecular weight excluding hydrogens is 224 g/mol. The molecule has 0 aliphatic heterocycles. The number of rotatable bonds is 4. The van der Waals surface area contributed by atoms with Crippen LogP contribution in [0.15, 0.2) is 30.3 Å². The first-order valence-corrected chi connectivity index (χ1v) is 6.54. The summed E-state index contributed by atoms with van der Waals surface area (Å²) in [4.78, 5) is 13.9. The molecule has 1 N–H and O–H groups in total. The van der Waals surface area contributed by atoms with E-state index in [1.165, 1.54) is 5.56 Å². The van der Waals surface area contributed by atoms with Crippen molar-refractivity contribution in [3.63, 3.8) is 0 Å². The maximum absolute atomic E-state index is 12.0. The molecule has 0 aliphatic carbocycles. The van der Waals surface area contributed by atoms with Crippen LogP contribution in [-0.2, 0) is 6.42 Å². The van der Waals surface area contributed by atoms with E-state index in [1.807, 2.05) is 50.8 Å². The number of carbonyl (C=O) groups excluding carboxylic acids is 1. The summed E-state index contributed by atoms with van der Waals surface area (Å²) in [5.74, 6) is 0. The third-order valence-electron chi connectivity index (χ3n) is 2.90. The van der Waals surface area contributed by atoms with Gasteiger partial charge in [-0.2, -0.15) is 0 Å². The van der Waals surface area contributed by atoms with E-state index in [4.69, 9.17) is 0 Å². The number of hydrogen-bond acceptors (Lipinski definition) is 1. The maximum atomic E-state index is 12.0. The maximum Gasteiger partial charge on any atom is 0.317 e. The Balaban J connectivity index is 2.41. The highest BCUT2D eigenvalue weighted by Crippen LogP contribution is 2.12. The third kappa shape index (κ3) is 4.40. The van der Waals surface area contributed by atoms with Crippen molar-refractivity contribution in [2.24, 2.45) is 0 Å². The normalized spacial score (nSPS) is 11.1. The molecule has 0 unspecified atom stereocenters. The van der Waals surface area contributed by atoms with Crippen LogP contribution in [0.1, 0.15) is 33.3 Å². The smallest absolute Gasteiger partial charge is 0.317 e. The zero-order valence-electron chi connectivity index (χ0n) is 11.9. The van der Waals surface area contributed by atoms with E-state index in [-0.39, 0.29) is 11.6 Å². The van der Waals surface area contributed by atoms with Gasteiger partial charge in [-0.1, -0.05) is 30.3 Å². The molecule has 0 spiro atoms. The summed E-state index contributed by atoms with van der Waals surface area (Å²) < 4.78 is 0. The van der Waals surface area contributed by atoms with Crippen molar-refractivity contribution in [3.8, 4) is 0 Å². The molecule has 0 saturated heterocycles. The summed E-state index contributed by atoms with van der Waals surface area (Å²) in [7, 11) is 0. The van der Waals surface area contributed by atoms with E-state index in [2.05, 4.69) is 17.4 Å². The number of nitrogens with one attached hydrogen (secondary N) is 1. The highest BCUT2D eigenvalue weighted by molar-refractivity contribution is 5.74. The minimum atomic E-state index is -0.133. The van der Waals surface area contributed by atoms with Gasteiger partial charge < -0.3 is 10.2 Å². The molecule has 0 aromatic heterocycles. The molecule has 0 fully saturated rings. The van der Waals surface area contributed by atoms with E-state index < -0.39 is 0 Å². The summed E-state index contributed by atoms with van der Waals surface area (Å²) in [6.45, 7) is 9.55. The molecule has 1 aromatic rings. The number of nitrogens with zero attached hydrogens (tertiary/aromatic N) is 1. The van der Waals surface area contributed by atoms with E-state index in [0.29, 0.717) is 6.54 Å². The monoisotopic (exact) mass is 248 g/mol. The lowest BCUT2D eigenvalue weighted by molar-refractivity contribution is 0.150. The molecule has 0 saturated carbocycles. The predicted molar refractivity (Wildman–Crippen MR) is 75.7 cm³/mol. The Hall–Kier alpha value is -1.51. The summed E-state index contributed by atoms with van der Waals surface area (Å²) in [5.41, 5.74) is 1.11. The minimum absolute atomic E-state index is 0.0148. The first kappa shape index (κ1) is 14.6. The van der Waals surface area contributed by atoms with Crippen LogP contribution in [0, 0.1) is 0 Å². The van der Waals surface area contributed by atoms with Crippen LogP contribution >= 0.6 is 0 Å². The lowest BCUT2D eigenvalue weighted by atomic mass is 10.1. The third-order valence-corrected chi connectivity index (χ3v) is 2.90. The van der Waals surface area contributed by atoms with Gasteiger partial charge in [-0.05, 0) is 39.7 Å². The van der Waals surface area contributed by atoms with Crippen molar-refractivity contribution in [2.45, 2.75) is 39.7 Å². The Labute approximate surface area is 110 Å². The molecular formula is C15H24N2O. The van der Waals surface area contributed by atoms with Crippen molar-refractivity contribution >= 4 is 6.03 Å². The number of benzene rings is 1. The zero-order valence-corrected chi connectivity index (χ0v) is 11.9. The van der Waals surface area contributed by atoms with Crippen molar-refractivity contribution in [2.75, 3.05) is 13.1 Å². The molecule has 0 bridgehead atoms. The summed E-state index contributed by atoms with van der Waals surface area (Å²) in [5, 5.41) is 2.98. The first-order valence-electron chi connectivity index (χ1n) is 6.54. The second-order valence-electron chi connectivity index (χ2n) is 5.38. The Kier molecular flexibility index (Phi) is 5.20. The van der Waals surface area contributed by atoms with Gasteiger partial charge in [0.15, 0.2) is 0 Å². The van der Waals surface area contributed by atoms with Crippen molar-refractivity contribution < 1.29 is 4.79 Å². The van der Waals surface area contributed by atoms with Crippen molar-refractivity contribution in [1.29, 1.82) is 0 Å². The summed E-state index contributed by atoms with van der Waals surface area (Å²) >= 11 is 0. The number of urea groups is 1. The second-order valence-corrected chi connectivity index (χ2v) is 5.38. The van der Waals surface area contributed by atoms with Crippen LogP contribution in [0.5, 0.6) is 0 Å². The van der Waals surface area contributed by atoms with Gasteiger partial charge in [0, 0.05) is 18.6 Å². The molecule has 100 valence electrons. The van der Waals surface area contributed by atoms with Gasteiger partial charge >= 0.3 is 6.03 Å². The average molecular weight is 248 g/mol. The summed E-state index contributed by atoms with van der Waals surface area (Å²) in [6.07, 6.45) is 0.869. The van der Waals surface area contributed by atoms with Crippen LogP contribution in [0.25, 0.3) is 0 Å². The molecule has 0 heterocycles. The van der Waals surface area contributed by atoms with Gasteiger partial charge in [-0.15, -0.1) is 0 Å². The fraction of sp³-hybridized carbons (Fsp3) is 0.533. The van der Waals surface area contributed by atoms with Crippen LogP contribution in [0.4, 0.5) is 4.79 Å². The van der Waals surface area contributed by atoms with Gasteiger partial charge in [0.1, 0.15) is 0 Å². The molecule has 1 aromatic carbocycles. The number of hydrogen-bond donors (Lipinski definition) is 1. The topological polar surface area (TPSA) is 32.3 Å². The van der Waals surface area contributed by atoms with Crippen LogP contribution in [0.2, 0.25) is 0 Å². The molecule has 2 amide bonds. The molecule has 0 aliphatic rings. The minimum Gasteiger partial charge on any atom is -0.338 e. The van der Waals surface area contributed by atoms with E-state index in [1.54, 1.807) is 0 Å². The van der Waals surface area contributed by atoms with E-state index >= 15 is 0 Å². The van der Waals surface area contributed by atoms with Gasteiger partial charge in [0.25, 0.3) is 0 Å². The fourth-order valence-corrected chi connectivity index (χ4v) is 1.98.